The van der Waals surface area contributed by atoms with E-state index in [-0.39, 0.29) is 5.92 Å². The summed E-state index contributed by atoms with van der Waals surface area (Å²) < 4.78 is 1.56. The molecule has 0 aromatic carbocycles. The maximum Gasteiger partial charge on any atom is 0.325 e. The van der Waals surface area contributed by atoms with Gasteiger partial charge in [0.15, 0.2) is 0 Å². The van der Waals surface area contributed by atoms with Crippen LogP contribution in [0.4, 0.5) is 0 Å². The lowest BCUT2D eigenvalue weighted by Gasteiger charge is -2.30. The van der Waals surface area contributed by atoms with Crippen molar-refractivity contribution in [3.8, 4) is 0 Å². The fraction of sp³-hybridized carbons (Fsp3) is 0.818. The molecule has 1 saturated carbocycles. The Kier molecular flexibility index (Phi) is 4.41. The van der Waals surface area contributed by atoms with Gasteiger partial charge in [-0.1, -0.05) is 18.7 Å². The van der Waals surface area contributed by atoms with Gasteiger partial charge in [-0.25, -0.2) is 4.68 Å². The highest BCUT2D eigenvalue weighted by Gasteiger charge is 2.51. The van der Waals surface area contributed by atoms with E-state index in [2.05, 4.69) is 20.8 Å². The number of carboxylic acids is 1. The number of carboxylic acid groups (broad SMARTS) is 1. The highest BCUT2D eigenvalue weighted by molar-refractivity contribution is 7.99. The number of aromatic nitrogens is 4. The van der Waals surface area contributed by atoms with Gasteiger partial charge in [0.1, 0.15) is 5.54 Å². The van der Waals surface area contributed by atoms with Crippen LogP contribution >= 0.6 is 11.8 Å². The first-order chi connectivity index (χ1) is 9.10. The number of aryl methyl sites for hydroxylation is 1. The van der Waals surface area contributed by atoms with Crippen LogP contribution in [-0.4, -0.2) is 49.1 Å². The number of hydrogen-bond donors (Lipinski definition) is 2. The lowest BCUT2D eigenvalue weighted by molar-refractivity contribution is -0.144. The predicted molar refractivity (Wildman–Crippen MR) is 70.9 cm³/mol. The molecule has 0 spiro atoms. The van der Waals surface area contributed by atoms with Gasteiger partial charge in [-0.05, 0) is 42.2 Å². The molecule has 1 heterocycles. The van der Waals surface area contributed by atoms with Crippen LogP contribution in [0.1, 0.15) is 26.2 Å². The van der Waals surface area contributed by atoms with E-state index in [0.29, 0.717) is 17.5 Å². The van der Waals surface area contributed by atoms with E-state index in [9.17, 15) is 9.90 Å². The maximum absolute atomic E-state index is 11.7. The Labute approximate surface area is 116 Å². The number of rotatable bonds is 8. The minimum Gasteiger partial charge on any atom is -0.480 e. The lowest BCUT2D eigenvalue weighted by atomic mass is 9.95. The van der Waals surface area contributed by atoms with Crippen LogP contribution in [0.3, 0.4) is 0 Å². The van der Waals surface area contributed by atoms with Crippen molar-refractivity contribution >= 4 is 17.7 Å². The summed E-state index contributed by atoms with van der Waals surface area (Å²) in [4.78, 5) is 11.7. The Morgan fingerprint density at radius 3 is 2.84 bits per heavy atom. The average molecular weight is 285 g/mol. The van der Waals surface area contributed by atoms with Crippen molar-refractivity contribution < 1.29 is 9.90 Å². The largest absolute Gasteiger partial charge is 0.480 e. The number of aliphatic carboxylic acids is 1. The van der Waals surface area contributed by atoms with Gasteiger partial charge in [-0.15, -0.1) is 5.10 Å². The molecule has 0 aliphatic heterocycles. The minimum atomic E-state index is -0.855. The summed E-state index contributed by atoms with van der Waals surface area (Å²) in [7, 11) is 1.75. The van der Waals surface area contributed by atoms with Crippen molar-refractivity contribution in [1.29, 1.82) is 0 Å². The molecule has 2 N–H and O–H groups in total. The molecule has 1 aromatic heterocycles. The molecule has 0 radical (unpaired) electrons. The maximum atomic E-state index is 11.7. The first kappa shape index (κ1) is 14.3. The third-order valence-corrected chi connectivity index (χ3v) is 4.56. The van der Waals surface area contributed by atoms with Gasteiger partial charge in [0.25, 0.3) is 0 Å². The molecule has 0 bridgehead atoms. The van der Waals surface area contributed by atoms with E-state index in [0.717, 1.165) is 19.3 Å². The van der Waals surface area contributed by atoms with Gasteiger partial charge in [-0.2, -0.15) is 0 Å². The summed E-state index contributed by atoms with van der Waals surface area (Å²) in [6.07, 6.45) is 2.86. The van der Waals surface area contributed by atoms with E-state index < -0.39 is 11.5 Å². The number of thioether (sulfide) groups is 1. The van der Waals surface area contributed by atoms with Gasteiger partial charge < -0.3 is 10.4 Å². The van der Waals surface area contributed by atoms with Crippen LogP contribution in [0.2, 0.25) is 0 Å². The van der Waals surface area contributed by atoms with E-state index in [1.807, 2.05) is 6.92 Å². The number of nitrogens with one attached hydrogen (secondary N) is 1. The molecule has 1 aliphatic rings. The summed E-state index contributed by atoms with van der Waals surface area (Å²) in [6.45, 7) is 2.74. The highest BCUT2D eigenvalue weighted by Crippen LogP contribution is 2.42. The molecule has 1 fully saturated rings. The first-order valence-electron chi connectivity index (χ1n) is 6.43. The third kappa shape index (κ3) is 3.06. The average Bonchev–Trinajstić information content (AvgIpc) is 3.14. The van der Waals surface area contributed by atoms with Gasteiger partial charge in [-0.3, -0.25) is 4.79 Å². The van der Waals surface area contributed by atoms with Gasteiger partial charge in [0, 0.05) is 12.8 Å². The van der Waals surface area contributed by atoms with Crippen molar-refractivity contribution in [3.05, 3.63) is 0 Å². The number of nitrogens with zero attached hydrogens (tertiary/aromatic N) is 4. The zero-order valence-electron chi connectivity index (χ0n) is 11.2. The Morgan fingerprint density at radius 2 is 2.37 bits per heavy atom. The summed E-state index contributed by atoms with van der Waals surface area (Å²) in [5.41, 5.74) is -0.855. The Bertz CT molecular complexity index is 448. The van der Waals surface area contributed by atoms with Crippen LogP contribution in [-0.2, 0) is 11.8 Å². The Hall–Kier alpha value is -1.15. The molecule has 1 aromatic rings. The molecule has 2 rings (SSSR count). The van der Waals surface area contributed by atoms with Crippen molar-refractivity contribution in [1.82, 2.24) is 25.5 Å². The molecule has 19 heavy (non-hydrogen) atoms. The van der Waals surface area contributed by atoms with Crippen LogP contribution in [0.5, 0.6) is 0 Å². The number of hydrogen-bond acceptors (Lipinski definition) is 6. The van der Waals surface area contributed by atoms with Crippen LogP contribution in [0.15, 0.2) is 5.16 Å². The standard InChI is InChI=1S/C11H19N5O2S/c1-3-6-12-11(9(17)18,8-4-5-8)7-19-10-13-14-15-16(10)2/h8,12H,3-7H2,1-2H3,(H,17,18). The van der Waals surface area contributed by atoms with Crippen LogP contribution in [0.25, 0.3) is 0 Å². The highest BCUT2D eigenvalue weighted by atomic mass is 32.2. The zero-order valence-corrected chi connectivity index (χ0v) is 12.0. The molecular formula is C11H19N5O2S. The molecule has 106 valence electrons. The lowest BCUT2D eigenvalue weighted by Crippen LogP contribution is -2.56. The second-order valence-corrected chi connectivity index (χ2v) is 5.79. The molecule has 0 amide bonds. The summed E-state index contributed by atoms with van der Waals surface area (Å²) >= 11 is 1.39. The summed E-state index contributed by atoms with van der Waals surface area (Å²) in [6, 6.07) is 0. The predicted octanol–water partition coefficient (Wildman–Crippen LogP) is 0.535. The van der Waals surface area contributed by atoms with Crippen molar-refractivity contribution in [3.63, 3.8) is 0 Å². The van der Waals surface area contributed by atoms with E-state index in [4.69, 9.17) is 0 Å². The molecule has 8 heteroatoms. The molecule has 0 saturated heterocycles. The van der Waals surface area contributed by atoms with Crippen LogP contribution < -0.4 is 5.32 Å². The molecular weight excluding hydrogens is 266 g/mol. The minimum absolute atomic E-state index is 0.213. The molecule has 1 atom stereocenters. The quantitative estimate of drug-likeness (QED) is 0.673. The number of carbonyl (C=O) groups is 1. The van der Waals surface area contributed by atoms with Crippen molar-refractivity contribution in [2.24, 2.45) is 13.0 Å². The Balaban J connectivity index is 2.08. The van der Waals surface area contributed by atoms with Gasteiger partial charge >= 0.3 is 5.97 Å². The molecule has 1 unspecified atom stereocenters. The second kappa shape index (κ2) is 5.87. The SMILES string of the molecule is CCCNC(CSc1nnnn1C)(C(=O)O)C1CC1. The van der Waals surface area contributed by atoms with E-state index >= 15 is 0 Å². The smallest absolute Gasteiger partial charge is 0.325 e. The van der Waals surface area contributed by atoms with Crippen molar-refractivity contribution in [2.45, 2.75) is 36.9 Å². The normalized spacial score (nSPS) is 18.2. The summed E-state index contributed by atoms with van der Waals surface area (Å²) in [5.74, 6) is -0.113. The summed E-state index contributed by atoms with van der Waals surface area (Å²) in [5, 5.41) is 24.7. The second-order valence-electron chi connectivity index (χ2n) is 4.85. The van der Waals surface area contributed by atoms with Gasteiger partial charge in [0.2, 0.25) is 5.16 Å². The molecule has 1 aliphatic carbocycles. The fourth-order valence-corrected chi connectivity index (χ4v) is 3.21. The van der Waals surface area contributed by atoms with E-state index in [1.54, 1.807) is 11.7 Å². The third-order valence-electron chi connectivity index (χ3n) is 3.36. The zero-order chi connectivity index (χ0) is 13.9. The monoisotopic (exact) mass is 285 g/mol. The van der Waals surface area contributed by atoms with E-state index in [1.165, 1.54) is 11.8 Å². The van der Waals surface area contributed by atoms with Crippen LogP contribution in [0, 0.1) is 5.92 Å². The first-order valence-corrected chi connectivity index (χ1v) is 7.42. The van der Waals surface area contributed by atoms with Crippen molar-refractivity contribution in [2.75, 3.05) is 12.3 Å². The fourth-order valence-electron chi connectivity index (χ4n) is 2.07. The number of tetrazole rings is 1. The molecule has 7 nitrogen and oxygen atoms in total. The Morgan fingerprint density at radius 1 is 1.63 bits per heavy atom. The van der Waals surface area contributed by atoms with Gasteiger partial charge in [0.05, 0.1) is 0 Å². The topological polar surface area (TPSA) is 92.9 Å².